The largest absolute Gasteiger partial charge is 0.366 e. The minimum atomic E-state index is -0.429. The van der Waals surface area contributed by atoms with E-state index in [0.29, 0.717) is 38.4 Å². The van der Waals surface area contributed by atoms with E-state index in [4.69, 9.17) is 0 Å². The number of anilines is 1. The van der Waals surface area contributed by atoms with Crippen molar-refractivity contribution in [2.75, 3.05) is 38.1 Å². The van der Waals surface area contributed by atoms with Crippen LogP contribution < -0.4 is 10.2 Å². The lowest BCUT2D eigenvalue weighted by Gasteiger charge is -2.37. The summed E-state index contributed by atoms with van der Waals surface area (Å²) in [6.07, 6.45) is 1.70. The van der Waals surface area contributed by atoms with Crippen molar-refractivity contribution >= 4 is 35.6 Å². The Balaban J connectivity index is 0.00000261. The highest BCUT2D eigenvalue weighted by molar-refractivity contribution is 14.0. The molecule has 0 atom stereocenters. The lowest BCUT2D eigenvalue weighted by Crippen LogP contribution is -2.52. The van der Waals surface area contributed by atoms with Crippen LogP contribution in [-0.2, 0) is 13.1 Å². The summed E-state index contributed by atoms with van der Waals surface area (Å²) in [6, 6.07) is 3.55. The second-order valence-corrected chi connectivity index (χ2v) is 6.00. The first-order valence-corrected chi connectivity index (χ1v) is 8.64. The first kappa shape index (κ1) is 21.3. The van der Waals surface area contributed by atoms with Crippen LogP contribution in [0.25, 0.3) is 0 Å². The number of aliphatic imine (C=N–C) groups is 1. The molecule has 1 saturated heterocycles. The summed E-state index contributed by atoms with van der Waals surface area (Å²) in [6.45, 7) is 5.87. The van der Waals surface area contributed by atoms with Crippen LogP contribution in [0, 0.1) is 11.6 Å². The number of guanidine groups is 1. The third-order valence-corrected chi connectivity index (χ3v) is 4.48. The normalized spacial score (nSPS) is 14.9. The predicted molar refractivity (Wildman–Crippen MR) is 111 cm³/mol. The molecule has 2 aromatic rings. The van der Waals surface area contributed by atoms with Crippen LogP contribution in [0.15, 0.2) is 29.5 Å². The van der Waals surface area contributed by atoms with Crippen LogP contribution in [-0.4, -0.2) is 58.9 Å². The van der Waals surface area contributed by atoms with Gasteiger partial charge in [-0.3, -0.25) is 4.99 Å². The molecule has 0 spiro atoms. The van der Waals surface area contributed by atoms with Crippen LogP contribution in [0.5, 0.6) is 0 Å². The second-order valence-electron chi connectivity index (χ2n) is 6.00. The van der Waals surface area contributed by atoms with Crippen molar-refractivity contribution in [1.29, 1.82) is 0 Å². The average molecular weight is 491 g/mol. The van der Waals surface area contributed by atoms with Crippen molar-refractivity contribution in [1.82, 2.24) is 25.0 Å². The summed E-state index contributed by atoms with van der Waals surface area (Å²) >= 11 is 0. The zero-order chi connectivity index (χ0) is 18.5. The maximum Gasteiger partial charge on any atom is 0.194 e. The molecule has 0 amide bonds. The van der Waals surface area contributed by atoms with Gasteiger partial charge in [0.15, 0.2) is 11.8 Å². The highest BCUT2D eigenvalue weighted by Gasteiger charge is 2.22. The third kappa shape index (κ3) is 5.05. The lowest BCUT2D eigenvalue weighted by atomic mass is 10.2. The summed E-state index contributed by atoms with van der Waals surface area (Å²) in [7, 11) is 1.73. The van der Waals surface area contributed by atoms with Gasteiger partial charge >= 0.3 is 0 Å². The SMILES string of the molecule is CCn1cnnc1CNC(=NC)N1CCN(c2cc(F)ccc2F)CC1.I. The molecule has 148 valence electrons. The standard InChI is InChI=1S/C17H23F2N7.HI/c1-3-24-12-22-23-16(24)11-21-17(20-2)26-8-6-25(7-9-26)15-10-13(18)4-5-14(15)19;/h4-5,10,12H,3,6-9,11H2,1-2H3,(H,20,21);1H. The van der Waals surface area contributed by atoms with Crippen molar-refractivity contribution in [2.45, 2.75) is 20.0 Å². The molecule has 1 aromatic heterocycles. The van der Waals surface area contributed by atoms with Gasteiger partial charge in [-0.15, -0.1) is 34.2 Å². The topological polar surface area (TPSA) is 61.6 Å². The van der Waals surface area contributed by atoms with Gasteiger partial charge in [0.05, 0.1) is 12.2 Å². The Morgan fingerprint density at radius 1 is 1.22 bits per heavy atom. The first-order chi connectivity index (χ1) is 12.6. The molecule has 1 fully saturated rings. The summed E-state index contributed by atoms with van der Waals surface area (Å²) in [5.41, 5.74) is 0.309. The molecule has 10 heteroatoms. The van der Waals surface area contributed by atoms with Gasteiger partial charge in [0.25, 0.3) is 0 Å². The molecule has 0 unspecified atom stereocenters. The maximum absolute atomic E-state index is 14.0. The summed E-state index contributed by atoms with van der Waals surface area (Å²) in [4.78, 5) is 8.27. The minimum Gasteiger partial charge on any atom is -0.366 e. The Kier molecular flexibility index (Phi) is 7.75. The monoisotopic (exact) mass is 491 g/mol. The van der Waals surface area contributed by atoms with Crippen LogP contribution in [0.4, 0.5) is 14.5 Å². The highest BCUT2D eigenvalue weighted by Crippen LogP contribution is 2.21. The Hall–Kier alpha value is -1.98. The molecule has 0 saturated carbocycles. The molecule has 0 radical (unpaired) electrons. The zero-order valence-corrected chi connectivity index (χ0v) is 17.7. The van der Waals surface area contributed by atoms with E-state index in [-0.39, 0.29) is 24.0 Å². The fourth-order valence-corrected chi connectivity index (χ4v) is 3.06. The molecule has 3 rings (SSSR count). The number of hydrogen-bond donors (Lipinski definition) is 1. The number of nitrogens with zero attached hydrogens (tertiary/aromatic N) is 6. The van der Waals surface area contributed by atoms with E-state index in [1.165, 1.54) is 12.1 Å². The number of benzene rings is 1. The van der Waals surface area contributed by atoms with E-state index in [1.54, 1.807) is 13.4 Å². The molecule has 1 aliphatic rings. The molecule has 2 heterocycles. The molecule has 1 N–H and O–H groups in total. The predicted octanol–water partition coefficient (Wildman–Crippen LogP) is 2.09. The smallest absolute Gasteiger partial charge is 0.194 e. The third-order valence-electron chi connectivity index (χ3n) is 4.48. The molecule has 1 aliphatic heterocycles. The Morgan fingerprint density at radius 3 is 2.63 bits per heavy atom. The van der Waals surface area contributed by atoms with Crippen LogP contribution in [0.1, 0.15) is 12.7 Å². The van der Waals surface area contributed by atoms with E-state index < -0.39 is 11.6 Å². The van der Waals surface area contributed by atoms with E-state index in [2.05, 4.69) is 25.4 Å². The lowest BCUT2D eigenvalue weighted by molar-refractivity contribution is 0.369. The van der Waals surface area contributed by atoms with Gasteiger partial charge in [0.1, 0.15) is 18.0 Å². The van der Waals surface area contributed by atoms with Gasteiger partial charge in [-0.2, -0.15) is 0 Å². The van der Waals surface area contributed by atoms with Crippen molar-refractivity contribution in [2.24, 2.45) is 4.99 Å². The summed E-state index contributed by atoms with van der Waals surface area (Å²) < 4.78 is 29.3. The van der Waals surface area contributed by atoms with E-state index in [9.17, 15) is 8.78 Å². The number of halogens is 3. The van der Waals surface area contributed by atoms with Crippen molar-refractivity contribution in [3.05, 3.63) is 42.0 Å². The number of hydrogen-bond acceptors (Lipinski definition) is 4. The number of aryl methyl sites for hydroxylation is 1. The fourth-order valence-electron chi connectivity index (χ4n) is 3.06. The van der Waals surface area contributed by atoms with Crippen LogP contribution in [0.2, 0.25) is 0 Å². The zero-order valence-electron chi connectivity index (χ0n) is 15.4. The van der Waals surface area contributed by atoms with E-state index in [1.807, 2.05) is 16.4 Å². The average Bonchev–Trinajstić information content (AvgIpc) is 3.12. The Bertz CT molecular complexity index is 772. The Morgan fingerprint density at radius 2 is 1.96 bits per heavy atom. The number of rotatable bonds is 4. The molecule has 27 heavy (non-hydrogen) atoms. The van der Waals surface area contributed by atoms with Crippen molar-refractivity contribution in [3.63, 3.8) is 0 Å². The Labute approximate surface area is 174 Å². The maximum atomic E-state index is 14.0. The summed E-state index contributed by atoms with van der Waals surface area (Å²) in [5.74, 6) is 0.770. The van der Waals surface area contributed by atoms with E-state index >= 15 is 0 Å². The quantitative estimate of drug-likeness (QED) is 0.404. The van der Waals surface area contributed by atoms with Crippen molar-refractivity contribution in [3.8, 4) is 0 Å². The minimum absolute atomic E-state index is 0. The molecule has 0 aliphatic carbocycles. The molecular weight excluding hydrogens is 467 g/mol. The molecule has 0 bridgehead atoms. The van der Waals surface area contributed by atoms with Gasteiger partial charge in [-0.05, 0) is 19.1 Å². The van der Waals surface area contributed by atoms with Gasteiger partial charge in [0.2, 0.25) is 0 Å². The summed E-state index contributed by atoms with van der Waals surface area (Å²) in [5, 5.41) is 11.3. The van der Waals surface area contributed by atoms with Gasteiger partial charge < -0.3 is 19.7 Å². The number of nitrogens with one attached hydrogen (secondary N) is 1. The molecule has 7 nitrogen and oxygen atoms in total. The first-order valence-electron chi connectivity index (χ1n) is 8.64. The second kappa shape index (κ2) is 9.81. The van der Waals surface area contributed by atoms with Gasteiger partial charge in [-0.25, -0.2) is 8.78 Å². The van der Waals surface area contributed by atoms with Crippen LogP contribution >= 0.6 is 24.0 Å². The van der Waals surface area contributed by atoms with Crippen LogP contribution in [0.3, 0.4) is 0 Å². The van der Waals surface area contributed by atoms with Crippen molar-refractivity contribution < 1.29 is 8.78 Å². The highest BCUT2D eigenvalue weighted by atomic mass is 127. The number of aromatic nitrogens is 3. The fraction of sp³-hybridized carbons (Fsp3) is 0.471. The van der Waals surface area contributed by atoms with Gasteiger partial charge in [0, 0.05) is 45.8 Å². The molecular formula is C17H24F2IN7. The van der Waals surface area contributed by atoms with Gasteiger partial charge in [-0.1, -0.05) is 0 Å². The molecule has 1 aromatic carbocycles. The number of piperazine rings is 1. The van der Waals surface area contributed by atoms with E-state index in [0.717, 1.165) is 24.4 Å².